The number of ketones is 1. The van der Waals surface area contributed by atoms with E-state index in [1.54, 1.807) is 0 Å². The minimum absolute atomic E-state index is 0.203. The van der Waals surface area contributed by atoms with Crippen LogP contribution in [0.3, 0.4) is 0 Å². The molecule has 2 rings (SSSR count). The topological polar surface area (TPSA) is 37.4 Å². The fourth-order valence-electron chi connectivity index (χ4n) is 3.84. The maximum atomic E-state index is 14.6. The van der Waals surface area contributed by atoms with E-state index in [1.807, 2.05) is 0 Å². The van der Waals surface area contributed by atoms with Gasteiger partial charge in [0.15, 0.2) is 5.78 Å². The summed E-state index contributed by atoms with van der Waals surface area (Å²) in [5.74, 6) is -21.7. The Balaban J connectivity index is 2.68. The minimum atomic E-state index is -7.06. The van der Waals surface area contributed by atoms with E-state index in [2.05, 4.69) is 15.9 Å². The Bertz CT molecular complexity index is 888. The molecule has 1 aliphatic heterocycles. The second-order valence-electron chi connectivity index (χ2n) is 9.15. The number of allylic oxidation sites excluding steroid dienone is 2. The van der Waals surface area contributed by atoms with Crippen molar-refractivity contribution in [3.8, 4) is 0 Å². The van der Waals surface area contributed by atoms with Crippen molar-refractivity contribution in [1.82, 2.24) is 4.90 Å². The number of rotatable bonds is 4. The zero-order valence-electron chi connectivity index (χ0n) is 17.2. The van der Waals surface area contributed by atoms with Gasteiger partial charge in [-0.15, -0.1) is 0 Å². The van der Waals surface area contributed by atoms with E-state index < -0.39 is 65.0 Å². The summed E-state index contributed by atoms with van der Waals surface area (Å²) in [4.78, 5) is 26.0. The van der Waals surface area contributed by atoms with Crippen LogP contribution < -0.4 is 0 Å². The lowest BCUT2D eigenvalue weighted by Gasteiger charge is -2.42. The first-order chi connectivity index (χ1) is 14.0. The first-order valence-electron chi connectivity index (χ1n) is 9.11. The number of hydrogen-bond acceptors (Lipinski definition) is 2. The number of amides is 1. The molecule has 13 heteroatoms. The summed E-state index contributed by atoms with van der Waals surface area (Å²) in [5, 5.41) is 0. The molecule has 0 aromatic carbocycles. The maximum Gasteiger partial charge on any atom is 0.460 e. The quantitative estimate of drug-likeness (QED) is 0.414. The Kier molecular flexibility index (Phi) is 6.04. The van der Waals surface area contributed by atoms with Crippen LogP contribution in [0.5, 0.6) is 0 Å². The minimum Gasteiger partial charge on any atom is -0.336 e. The highest BCUT2D eigenvalue weighted by molar-refractivity contribution is 9.12. The average molecular weight is 544 g/mol. The lowest BCUT2D eigenvalue weighted by atomic mass is 9.61. The van der Waals surface area contributed by atoms with Crippen LogP contribution in [0, 0.1) is 10.8 Å². The molecular formula is C19H19BrF9NO2. The van der Waals surface area contributed by atoms with Crippen molar-refractivity contribution in [3.63, 3.8) is 0 Å². The summed E-state index contributed by atoms with van der Waals surface area (Å²) in [6.45, 7) is 4.86. The highest BCUT2D eigenvalue weighted by Crippen LogP contribution is 2.61. The number of carbonyl (C=O) groups excluding carboxylic acids is 2. The number of alkyl halides is 9. The molecule has 1 amide bonds. The van der Waals surface area contributed by atoms with E-state index in [4.69, 9.17) is 0 Å². The van der Waals surface area contributed by atoms with E-state index in [-0.39, 0.29) is 4.48 Å². The van der Waals surface area contributed by atoms with Crippen molar-refractivity contribution >= 4 is 27.6 Å². The Morgan fingerprint density at radius 3 is 1.88 bits per heavy atom. The molecular weight excluding hydrogens is 525 g/mol. The fourth-order valence-corrected chi connectivity index (χ4v) is 4.38. The highest BCUT2D eigenvalue weighted by Gasteiger charge is 2.83. The van der Waals surface area contributed by atoms with Gasteiger partial charge >= 0.3 is 23.9 Å². The maximum absolute atomic E-state index is 14.6. The Hall–Kier alpha value is -1.53. The molecule has 0 aromatic rings. The molecule has 2 aliphatic rings. The van der Waals surface area contributed by atoms with Crippen LogP contribution in [-0.4, -0.2) is 52.6 Å². The number of halogens is 10. The van der Waals surface area contributed by atoms with E-state index in [9.17, 15) is 49.1 Å². The third-order valence-corrected chi connectivity index (χ3v) is 6.53. The third kappa shape index (κ3) is 3.67. The Labute approximate surface area is 185 Å². The van der Waals surface area contributed by atoms with Crippen molar-refractivity contribution in [2.75, 3.05) is 6.54 Å². The van der Waals surface area contributed by atoms with Gasteiger partial charge in [0.1, 0.15) is 0 Å². The third-order valence-electron chi connectivity index (χ3n) is 5.91. The molecule has 0 N–H and O–H groups in total. The Morgan fingerprint density at radius 1 is 0.969 bits per heavy atom. The molecule has 1 aliphatic carbocycles. The lowest BCUT2D eigenvalue weighted by molar-refractivity contribution is -0.399. The predicted molar refractivity (Wildman–Crippen MR) is 98.7 cm³/mol. The van der Waals surface area contributed by atoms with E-state index >= 15 is 0 Å². The molecule has 2 atom stereocenters. The second-order valence-corrected chi connectivity index (χ2v) is 10.0. The summed E-state index contributed by atoms with van der Waals surface area (Å²) >= 11 is 2.88. The second kappa shape index (κ2) is 7.23. The van der Waals surface area contributed by atoms with Gasteiger partial charge in [0, 0.05) is 23.9 Å². The van der Waals surface area contributed by atoms with Gasteiger partial charge in [-0.1, -0.05) is 12.2 Å². The van der Waals surface area contributed by atoms with Crippen LogP contribution in [0.15, 0.2) is 22.7 Å². The van der Waals surface area contributed by atoms with Gasteiger partial charge in [0.25, 0.3) is 0 Å². The van der Waals surface area contributed by atoms with Gasteiger partial charge in [-0.2, -0.15) is 39.5 Å². The van der Waals surface area contributed by atoms with Gasteiger partial charge in [0.2, 0.25) is 5.91 Å². The van der Waals surface area contributed by atoms with Crippen molar-refractivity contribution in [2.24, 2.45) is 10.8 Å². The zero-order valence-corrected chi connectivity index (χ0v) is 18.8. The number of hydrogen-bond donors (Lipinski definition) is 0. The fraction of sp³-hybridized carbons (Fsp3) is 0.684. The lowest BCUT2D eigenvalue weighted by Crippen LogP contribution is -2.62. The van der Waals surface area contributed by atoms with Crippen LogP contribution in [0.1, 0.15) is 34.1 Å². The largest absolute Gasteiger partial charge is 0.460 e. The molecule has 1 saturated heterocycles. The number of likely N-dealkylation sites (tertiary alicyclic amines) is 1. The standard InChI is InChI=1S/C19H19BrF9NO2/c1-13(2,3)30-9-15(6-5-11(31)10(20)7-15)14(4,12(30)32)8-16(21,22)17(23,24)18(25,26)19(27,28)29/h5-7H,8-9H2,1-4H3/t14?,15-/m1/s1. The number of nitrogens with zero attached hydrogens (tertiary/aromatic N) is 1. The van der Waals surface area contributed by atoms with Gasteiger partial charge < -0.3 is 4.90 Å². The summed E-state index contributed by atoms with van der Waals surface area (Å²) < 4.78 is 121. The van der Waals surface area contributed by atoms with Crippen molar-refractivity contribution < 1.29 is 49.1 Å². The van der Waals surface area contributed by atoms with Gasteiger partial charge in [-0.25, -0.2) is 0 Å². The van der Waals surface area contributed by atoms with Crippen LogP contribution in [0.25, 0.3) is 0 Å². The SMILES string of the molecule is CC(C)(C)N1C[C@]2(C=CC(=O)C(Br)=C2)C(C)(CC(F)(F)C(F)(F)C(F)(F)C(F)(F)F)C1=O. The smallest absolute Gasteiger partial charge is 0.336 e. The number of carbonyl (C=O) groups is 2. The molecule has 1 spiro atoms. The van der Waals surface area contributed by atoms with Crippen molar-refractivity contribution in [3.05, 3.63) is 22.7 Å². The van der Waals surface area contributed by atoms with Crippen molar-refractivity contribution in [1.29, 1.82) is 0 Å². The van der Waals surface area contributed by atoms with E-state index in [1.165, 1.54) is 20.8 Å². The molecule has 0 saturated carbocycles. The van der Waals surface area contributed by atoms with E-state index in [0.29, 0.717) is 0 Å². The molecule has 0 radical (unpaired) electrons. The van der Waals surface area contributed by atoms with Gasteiger partial charge in [-0.3, -0.25) is 9.59 Å². The van der Waals surface area contributed by atoms with Crippen LogP contribution in [-0.2, 0) is 9.59 Å². The molecule has 0 bridgehead atoms. The zero-order chi connectivity index (χ0) is 25.3. The first-order valence-corrected chi connectivity index (χ1v) is 9.90. The van der Waals surface area contributed by atoms with Crippen LogP contribution >= 0.6 is 15.9 Å². The van der Waals surface area contributed by atoms with Crippen LogP contribution in [0.4, 0.5) is 39.5 Å². The molecule has 0 aromatic heterocycles. The van der Waals surface area contributed by atoms with Gasteiger partial charge in [0.05, 0.1) is 9.90 Å². The van der Waals surface area contributed by atoms with Gasteiger partial charge in [-0.05, 0) is 49.7 Å². The average Bonchev–Trinajstić information content (AvgIpc) is 2.78. The summed E-state index contributed by atoms with van der Waals surface area (Å²) in [7, 11) is 0. The monoisotopic (exact) mass is 543 g/mol. The molecule has 1 fully saturated rings. The molecule has 1 unspecified atom stereocenters. The Morgan fingerprint density at radius 2 is 1.47 bits per heavy atom. The molecule has 32 heavy (non-hydrogen) atoms. The molecule has 182 valence electrons. The van der Waals surface area contributed by atoms with Crippen LogP contribution in [0.2, 0.25) is 0 Å². The molecule has 1 heterocycles. The summed E-state index contributed by atoms with van der Waals surface area (Å²) in [6.07, 6.45) is -6.37. The predicted octanol–water partition coefficient (Wildman–Crippen LogP) is 5.90. The summed E-state index contributed by atoms with van der Waals surface area (Å²) in [6, 6.07) is 0. The molecule has 3 nitrogen and oxygen atoms in total. The first kappa shape index (κ1) is 26.7. The van der Waals surface area contributed by atoms with E-state index in [0.717, 1.165) is 30.1 Å². The summed E-state index contributed by atoms with van der Waals surface area (Å²) in [5.41, 5.74) is -5.51. The van der Waals surface area contributed by atoms with Crippen molar-refractivity contribution in [2.45, 2.75) is 63.6 Å². The normalized spacial score (nSPS) is 28.1. The highest BCUT2D eigenvalue weighted by atomic mass is 79.9.